The van der Waals surface area contributed by atoms with Crippen LogP contribution in [0.15, 0.2) is 9.59 Å². The van der Waals surface area contributed by atoms with Crippen molar-refractivity contribution in [3.8, 4) is 0 Å². The van der Waals surface area contributed by atoms with Gasteiger partial charge in [0.15, 0.2) is 0 Å². The number of aliphatic hydroxyl groups excluding tert-OH is 1. The van der Waals surface area contributed by atoms with Crippen LogP contribution < -0.4 is 11.2 Å². The van der Waals surface area contributed by atoms with Crippen molar-refractivity contribution in [3.63, 3.8) is 0 Å². The minimum atomic E-state index is -0.604. The molecule has 2 N–H and O–H groups in total. The summed E-state index contributed by atoms with van der Waals surface area (Å²) in [5.41, 5.74) is -0.633. The van der Waals surface area contributed by atoms with Gasteiger partial charge in [-0.1, -0.05) is 0 Å². The minimum Gasteiger partial charge on any atom is -0.462 e. The normalized spacial score (nSPS) is 10.9. The molecule has 108 valence electrons. The van der Waals surface area contributed by atoms with Gasteiger partial charge >= 0.3 is 11.7 Å². The van der Waals surface area contributed by atoms with E-state index in [0.717, 1.165) is 15.9 Å². The van der Waals surface area contributed by atoms with E-state index in [1.165, 1.54) is 0 Å². The molecular formula is C12H14N2O5S. The highest BCUT2D eigenvalue weighted by Gasteiger charge is 2.20. The molecule has 0 radical (unpaired) electrons. The molecule has 2 aromatic heterocycles. The van der Waals surface area contributed by atoms with Gasteiger partial charge in [0.2, 0.25) is 0 Å². The predicted octanol–water partition coefficient (Wildman–Crippen LogP) is 0.229. The summed E-state index contributed by atoms with van der Waals surface area (Å²) >= 11 is 1.02. The number of hydrogen-bond donors (Lipinski definition) is 2. The van der Waals surface area contributed by atoms with E-state index < -0.39 is 17.2 Å². The Labute approximate surface area is 117 Å². The van der Waals surface area contributed by atoms with Crippen LogP contribution in [0.5, 0.6) is 0 Å². The van der Waals surface area contributed by atoms with Crippen LogP contribution in [-0.4, -0.2) is 33.8 Å². The van der Waals surface area contributed by atoms with Crippen LogP contribution in [0.3, 0.4) is 0 Å². The maximum Gasteiger partial charge on any atom is 0.348 e. The number of nitrogens with one attached hydrogen (secondary N) is 1. The monoisotopic (exact) mass is 298 g/mol. The molecule has 0 saturated carbocycles. The molecule has 0 aliphatic carbocycles. The van der Waals surface area contributed by atoms with Crippen molar-refractivity contribution in [2.24, 2.45) is 0 Å². The summed E-state index contributed by atoms with van der Waals surface area (Å²) in [6, 6.07) is 0. The van der Waals surface area contributed by atoms with Crippen molar-refractivity contribution < 1.29 is 14.6 Å². The van der Waals surface area contributed by atoms with E-state index in [4.69, 9.17) is 9.84 Å². The first kappa shape index (κ1) is 14.5. The smallest absolute Gasteiger partial charge is 0.348 e. The van der Waals surface area contributed by atoms with E-state index in [9.17, 15) is 14.4 Å². The van der Waals surface area contributed by atoms with Gasteiger partial charge in [-0.2, -0.15) is 0 Å². The maximum absolute atomic E-state index is 12.2. The lowest BCUT2D eigenvalue weighted by atomic mass is 10.2. The fraction of sp³-hybridized carbons (Fsp3) is 0.417. The van der Waals surface area contributed by atoms with E-state index in [0.29, 0.717) is 15.3 Å². The van der Waals surface area contributed by atoms with Gasteiger partial charge in [-0.15, -0.1) is 11.3 Å². The van der Waals surface area contributed by atoms with Gasteiger partial charge < -0.3 is 9.84 Å². The topological polar surface area (TPSA) is 101 Å². The number of nitrogens with zero attached hydrogens (tertiary/aromatic N) is 1. The third-order valence-electron chi connectivity index (χ3n) is 2.86. The Bertz CT molecular complexity index is 770. The largest absolute Gasteiger partial charge is 0.462 e. The summed E-state index contributed by atoms with van der Waals surface area (Å²) < 4.78 is 5.83. The molecule has 8 heteroatoms. The molecule has 0 amide bonds. The number of ether oxygens (including phenoxy) is 1. The molecule has 0 aliphatic rings. The summed E-state index contributed by atoms with van der Waals surface area (Å²) in [6.07, 6.45) is 0. The second-order valence-electron chi connectivity index (χ2n) is 4.09. The Morgan fingerprint density at radius 3 is 2.75 bits per heavy atom. The van der Waals surface area contributed by atoms with Crippen molar-refractivity contribution in [1.82, 2.24) is 9.55 Å². The number of hydrogen-bond acceptors (Lipinski definition) is 6. The average molecular weight is 298 g/mol. The molecule has 7 nitrogen and oxygen atoms in total. The SMILES string of the molecule is CCOC(=O)c1sc2[nH]c(=O)n(CCO)c(=O)c2c1C. The molecule has 2 rings (SSSR count). The summed E-state index contributed by atoms with van der Waals surface area (Å²) in [5, 5.41) is 9.17. The van der Waals surface area contributed by atoms with Crippen LogP contribution in [0.1, 0.15) is 22.2 Å². The first-order valence-electron chi connectivity index (χ1n) is 6.05. The fourth-order valence-corrected chi connectivity index (χ4v) is 3.03. The number of carbonyl (C=O) groups excluding carboxylic acids is 1. The van der Waals surface area contributed by atoms with Gasteiger partial charge in [-0.05, 0) is 19.4 Å². The fourth-order valence-electron chi connectivity index (χ4n) is 1.95. The Balaban J connectivity index is 2.73. The first-order valence-corrected chi connectivity index (χ1v) is 6.87. The zero-order valence-electron chi connectivity index (χ0n) is 11.1. The van der Waals surface area contributed by atoms with Gasteiger partial charge in [0.05, 0.1) is 25.1 Å². The molecule has 0 spiro atoms. The molecular weight excluding hydrogens is 284 g/mol. The molecule has 0 aliphatic heterocycles. The van der Waals surface area contributed by atoms with Crippen molar-refractivity contribution in [2.75, 3.05) is 13.2 Å². The third-order valence-corrected chi connectivity index (χ3v) is 4.04. The van der Waals surface area contributed by atoms with Gasteiger partial charge in [0.1, 0.15) is 9.71 Å². The van der Waals surface area contributed by atoms with Crippen LogP contribution in [0.4, 0.5) is 0 Å². The molecule has 0 aromatic carbocycles. The number of aryl methyl sites for hydroxylation is 1. The van der Waals surface area contributed by atoms with E-state index in [-0.39, 0.29) is 25.1 Å². The van der Waals surface area contributed by atoms with Gasteiger partial charge in [-0.25, -0.2) is 9.59 Å². The van der Waals surface area contributed by atoms with Crippen LogP contribution >= 0.6 is 11.3 Å². The van der Waals surface area contributed by atoms with Crippen molar-refractivity contribution >= 4 is 27.5 Å². The van der Waals surface area contributed by atoms with Crippen LogP contribution in [0.25, 0.3) is 10.2 Å². The molecule has 0 unspecified atom stereocenters. The van der Waals surface area contributed by atoms with E-state index in [1.807, 2.05) is 0 Å². The number of aliphatic hydroxyl groups is 1. The molecule has 20 heavy (non-hydrogen) atoms. The van der Waals surface area contributed by atoms with E-state index in [2.05, 4.69) is 4.98 Å². The highest BCUT2D eigenvalue weighted by molar-refractivity contribution is 7.20. The van der Waals surface area contributed by atoms with Gasteiger partial charge in [0, 0.05) is 0 Å². The molecule has 2 aromatic rings. The number of esters is 1. The van der Waals surface area contributed by atoms with Crippen LogP contribution in [-0.2, 0) is 11.3 Å². The molecule has 0 saturated heterocycles. The zero-order valence-corrected chi connectivity index (χ0v) is 11.9. The zero-order chi connectivity index (χ0) is 14.9. The van der Waals surface area contributed by atoms with Crippen molar-refractivity contribution in [2.45, 2.75) is 20.4 Å². The van der Waals surface area contributed by atoms with Crippen molar-refractivity contribution in [3.05, 3.63) is 31.3 Å². The Morgan fingerprint density at radius 2 is 2.15 bits per heavy atom. The van der Waals surface area contributed by atoms with Gasteiger partial charge in [-0.3, -0.25) is 14.3 Å². The average Bonchev–Trinajstić information content (AvgIpc) is 2.72. The number of aromatic amines is 1. The van der Waals surface area contributed by atoms with E-state index >= 15 is 0 Å². The number of H-pyrrole nitrogens is 1. The van der Waals surface area contributed by atoms with Crippen molar-refractivity contribution in [1.29, 1.82) is 0 Å². The van der Waals surface area contributed by atoms with Crippen LogP contribution in [0.2, 0.25) is 0 Å². The lowest BCUT2D eigenvalue weighted by Crippen LogP contribution is -2.35. The Kier molecular flexibility index (Phi) is 4.05. The Hall–Kier alpha value is -1.93. The number of aromatic nitrogens is 2. The predicted molar refractivity (Wildman–Crippen MR) is 74.5 cm³/mol. The Morgan fingerprint density at radius 1 is 1.45 bits per heavy atom. The maximum atomic E-state index is 12.2. The first-order chi connectivity index (χ1) is 9.51. The third kappa shape index (κ3) is 2.27. The highest BCUT2D eigenvalue weighted by atomic mass is 32.1. The number of rotatable bonds is 4. The second-order valence-corrected chi connectivity index (χ2v) is 5.11. The lowest BCUT2D eigenvalue weighted by molar-refractivity contribution is 0.0531. The molecule has 2 heterocycles. The summed E-state index contributed by atoms with van der Waals surface area (Å²) in [5.74, 6) is -0.514. The van der Waals surface area contributed by atoms with E-state index in [1.54, 1.807) is 13.8 Å². The standard InChI is InChI=1S/C12H14N2O5S/c1-3-19-11(17)8-6(2)7-9(20-8)13-12(18)14(4-5-15)10(7)16/h15H,3-5H2,1-2H3,(H,13,18). The van der Waals surface area contributed by atoms with Crippen LogP contribution in [0, 0.1) is 6.92 Å². The molecule has 0 fully saturated rings. The summed E-state index contributed by atoms with van der Waals surface area (Å²) in [6.45, 7) is 3.15. The number of fused-ring (bicyclic) bond motifs is 1. The number of carbonyl (C=O) groups is 1. The molecule has 0 bridgehead atoms. The minimum absolute atomic E-state index is 0.0892. The summed E-state index contributed by atoms with van der Waals surface area (Å²) in [4.78, 5) is 39.0. The molecule has 0 atom stereocenters. The number of thiophene rings is 1. The lowest BCUT2D eigenvalue weighted by Gasteiger charge is -2.02. The second kappa shape index (κ2) is 5.59. The van der Waals surface area contributed by atoms with Gasteiger partial charge in [0.25, 0.3) is 5.56 Å². The quantitative estimate of drug-likeness (QED) is 0.787. The summed E-state index contributed by atoms with van der Waals surface area (Å²) in [7, 11) is 0. The highest BCUT2D eigenvalue weighted by Crippen LogP contribution is 2.26.